The van der Waals surface area contributed by atoms with Crippen LogP contribution in [0.25, 0.3) is 0 Å². The summed E-state index contributed by atoms with van der Waals surface area (Å²) < 4.78 is 73.4. The number of anilines is 14. The molecule has 0 aliphatic carbocycles. The van der Waals surface area contributed by atoms with Gasteiger partial charge in [-0.15, -0.1) is 12.4 Å². The maximum absolute atomic E-state index is 11.1. The van der Waals surface area contributed by atoms with E-state index in [4.69, 9.17) is 22.3 Å². The molecule has 568 valence electrons. The molecule has 0 aromatic heterocycles. The SMILES string of the molecule is CC(=O)Nc1cc(N)ccc1O.CC(=O)Nc1ccc(O)c(NS(C)(=O)=O)c1.CCN(C)c1ccc(O)c(N)c1.CN(C)c1ccc(O)c(N(C)C)c1.CS(=O)(=O)Nc1cc(N2CCCC2)ccc1O.CS(=O)(=O)Nc1ccc(O)c(N2CCCC2)c1.Cl.Nc1ccc(O)c(NCc2ccccc2)c1. The topological polar surface area (TPSA) is 445 Å². The highest BCUT2D eigenvalue weighted by Gasteiger charge is 2.19. The lowest BCUT2D eigenvalue weighted by Crippen LogP contribution is -2.18. The van der Waals surface area contributed by atoms with Crippen LogP contribution in [0, 0.1) is 0 Å². The monoisotopic (exact) mass is 1520 g/mol. The average molecular weight is 1520 g/mol. The number of carbonyl (C=O) groups is 2. The predicted molar refractivity (Wildman–Crippen MR) is 426 cm³/mol. The molecule has 33 heteroatoms. The van der Waals surface area contributed by atoms with Crippen molar-refractivity contribution < 1.29 is 70.6 Å². The Kier molecular flexibility index (Phi) is 34.6. The summed E-state index contributed by atoms with van der Waals surface area (Å²) in [5.41, 5.74) is 26.0. The van der Waals surface area contributed by atoms with Crippen LogP contribution in [0.1, 0.15) is 52.0 Å². The summed E-state index contributed by atoms with van der Waals surface area (Å²) >= 11 is 0. The molecule has 2 aliphatic heterocycles. The molecule has 29 nitrogen and oxygen atoms in total. The molecule has 2 amide bonds. The molecule has 8 aromatic carbocycles. The molecule has 0 atom stereocenters. The number of phenols is 7. The first-order valence-corrected chi connectivity index (χ1v) is 37.8. The minimum absolute atomic E-state index is 0. The number of carbonyl (C=O) groups excluding carboxylic acids is 2. The highest BCUT2D eigenvalue weighted by molar-refractivity contribution is 7.92. The van der Waals surface area contributed by atoms with Gasteiger partial charge in [0.1, 0.15) is 40.2 Å². The number of aromatic hydroxyl groups is 7. The van der Waals surface area contributed by atoms with Crippen molar-refractivity contribution in [3.8, 4) is 40.2 Å². The van der Waals surface area contributed by atoms with Gasteiger partial charge in [-0.3, -0.25) is 23.8 Å². The van der Waals surface area contributed by atoms with Gasteiger partial charge in [0, 0.05) is 122 Å². The summed E-state index contributed by atoms with van der Waals surface area (Å²) in [7, 11) is -0.360. The first kappa shape index (κ1) is 87.3. The molecule has 2 fully saturated rings. The van der Waals surface area contributed by atoms with Gasteiger partial charge in [-0.05, 0) is 166 Å². The minimum Gasteiger partial charge on any atom is -0.506 e. The zero-order chi connectivity index (χ0) is 76.9. The van der Waals surface area contributed by atoms with E-state index in [1.807, 2.05) is 93.6 Å². The maximum atomic E-state index is 11.1. The lowest BCUT2D eigenvalue weighted by atomic mass is 10.2. The number of nitrogen functional groups attached to an aromatic ring is 3. The maximum Gasteiger partial charge on any atom is 0.229 e. The number of hydrogen-bond donors (Lipinski definition) is 16. The lowest BCUT2D eigenvalue weighted by molar-refractivity contribution is -0.115. The van der Waals surface area contributed by atoms with Gasteiger partial charge in [-0.2, -0.15) is 0 Å². The van der Waals surface area contributed by atoms with Crippen molar-refractivity contribution in [2.75, 3.05) is 159 Å². The molecule has 0 bridgehead atoms. The fourth-order valence-corrected chi connectivity index (χ4v) is 11.2. The van der Waals surface area contributed by atoms with Crippen molar-refractivity contribution in [1.82, 2.24) is 0 Å². The molecule has 10 rings (SSSR count). The standard InChI is InChI=1S/C13H14N2O.2C11H16N2O3S.C10H16N2O.C9H12N2O4S.C9H14N2O.C8H10N2O2.ClH/c14-11-6-7-13(16)12(8-11)15-9-10-4-2-1-3-5-10;1-17(15,16)12-10-8-9(4-5-11(10)14)13-6-2-3-7-13;1-17(15,16)12-9-4-5-11(14)10(8-9)13-6-2-3-7-13;1-11(2)8-5-6-10(13)9(7-8)12(3)4;1-6(12)10-7-3-4-9(13)8(5-7)11-16(2,14)15;1-3-11(2)7-4-5-9(12)8(10)6-7;1-5(11)10-7-4-6(9)2-3-8(7)12;/h1-8,15-16H,9,14H2;2*4-5,8,12,14H,2-3,6-7H2,1H3;5-7,13H,1-4H3;3-5,11,13H,1-2H3,(H,10,12);4-6,12H,3,10H2,1-2H3;2-4,12H,9H2,1H3,(H,10,11);1H. The van der Waals surface area contributed by atoms with Crippen molar-refractivity contribution in [2.45, 2.75) is 53.0 Å². The highest BCUT2D eigenvalue weighted by Crippen LogP contribution is 2.35. The van der Waals surface area contributed by atoms with E-state index in [1.165, 1.54) is 56.3 Å². The van der Waals surface area contributed by atoms with Crippen LogP contribution in [0.5, 0.6) is 40.2 Å². The van der Waals surface area contributed by atoms with Gasteiger partial charge in [0.05, 0.1) is 64.3 Å². The van der Waals surface area contributed by atoms with Crippen LogP contribution >= 0.6 is 12.4 Å². The average Bonchev–Trinajstić information content (AvgIpc) is 1.54. The Balaban J connectivity index is 0.000000316. The molecular formula is C71H99ClN14O15S3. The van der Waals surface area contributed by atoms with E-state index in [1.54, 1.807) is 66.7 Å². The molecule has 2 saturated heterocycles. The van der Waals surface area contributed by atoms with E-state index in [-0.39, 0.29) is 70.1 Å². The van der Waals surface area contributed by atoms with Crippen molar-refractivity contribution in [3.63, 3.8) is 0 Å². The molecule has 0 radical (unpaired) electrons. The second kappa shape index (κ2) is 41.2. The molecule has 2 heterocycles. The zero-order valence-corrected chi connectivity index (χ0v) is 63.3. The number of nitrogens with one attached hydrogen (secondary N) is 6. The fourth-order valence-electron chi connectivity index (χ4n) is 9.53. The van der Waals surface area contributed by atoms with E-state index >= 15 is 0 Å². The van der Waals surface area contributed by atoms with E-state index in [0.29, 0.717) is 57.8 Å². The number of halogens is 1. The first-order chi connectivity index (χ1) is 48.2. The van der Waals surface area contributed by atoms with Crippen LogP contribution in [0.3, 0.4) is 0 Å². The number of sulfonamides is 3. The van der Waals surface area contributed by atoms with Gasteiger partial charge in [-0.1, -0.05) is 30.3 Å². The van der Waals surface area contributed by atoms with Gasteiger partial charge >= 0.3 is 0 Å². The normalized spacial score (nSPS) is 12.0. The summed E-state index contributed by atoms with van der Waals surface area (Å²) in [6.45, 7) is 10.1. The van der Waals surface area contributed by atoms with E-state index in [0.717, 1.165) is 105 Å². The third kappa shape index (κ3) is 31.9. The van der Waals surface area contributed by atoms with Gasteiger partial charge in [0.15, 0.2) is 0 Å². The smallest absolute Gasteiger partial charge is 0.229 e. The molecule has 2 aliphatic rings. The fraction of sp³-hybridized carbons (Fsp3) is 0.296. The van der Waals surface area contributed by atoms with Crippen molar-refractivity contribution in [3.05, 3.63) is 163 Å². The zero-order valence-electron chi connectivity index (χ0n) is 60.1. The summed E-state index contributed by atoms with van der Waals surface area (Å²) in [5, 5.41) is 74.3. The molecule has 0 saturated carbocycles. The third-order valence-corrected chi connectivity index (χ3v) is 16.4. The molecular weight excluding hydrogens is 1420 g/mol. The number of nitrogens with two attached hydrogens (primary N) is 3. The summed E-state index contributed by atoms with van der Waals surface area (Å²) in [6.07, 6.45) is 7.64. The van der Waals surface area contributed by atoms with Gasteiger partial charge in [0.25, 0.3) is 0 Å². The first-order valence-electron chi connectivity index (χ1n) is 32.1. The van der Waals surface area contributed by atoms with Gasteiger partial charge in [0.2, 0.25) is 41.9 Å². The molecule has 0 spiro atoms. The Hall–Kier alpha value is -11.0. The van der Waals surface area contributed by atoms with Crippen LogP contribution in [0.4, 0.5) is 79.6 Å². The van der Waals surface area contributed by atoms with Crippen molar-refractivity contribution in [2.24, 2.45) is 0 Å². The Labute approximate surface area is 616 Å². The largest absolute Gasteiger partial charge is 0.506 e. The number of benzene rings is 8. The summed E-state index contributed by atoms with van der Waals surface area (Å²) in [5.74, 6) is 0.0825. The van der Waals surface area contributed by atoms with Crippen molar-refractivity contribution in [1.29, 1.82) is 0 Å². The van der Waals surface area contributed by atoms with Crippen LogP contribution in [-0.2, 0) is 46.2 Å². The lowest BCUT2D eigenvalue weighted by Gasteiger charge is -2.19. The molecule has 8 aromatic rings. The summed E-state index contributed by atoms with van der Waals surface area (Å²) in [4.78, 5) is 31.6. The number of phenolic OH excluding ortho intramolecular Hbond substituents is 7. The van der Waals surface area contributed by atoms with Crippen LogP contribution in [-0.4, -0.2) is 160 Å². The van der Waals surface area contributed by atoms with Crippen LogP contribution < -0.4 is 71.8 Å². The summed E-state index contributed by atoms with van der Waals surface area (Å²) in [6, 6.07) is 44.0. The number of nitrogens with zero attached hydrogens (tertiary/aromatic N) is 5. The van der Waals surface area contributed by atoms with E-state index in [2.05, 4.69) is 51.7 Å². The van der Waals surface area contributed by atoms with E-state index in [9.17, 15) is 65.5 Å². The van der Waals surface area contributed by atoms with Gasteiger partial charge in [-0.25, -0.2) is 25.3 Å². The Bertz CT molecular complexity index is 4440. The second-order valence-corrected chi connectivity index (χ2v) is 29.4. The van der Waals surface area contributed by atoms with Crippen LogP contribution in [0.15, 0.2) is 158 Å². The number of rotatable bonds is 17. The van der Waals surface area contributed by atoms with Crippen LogP contribution in [0.2, 0.25) is 0 Å². The van der Waals surface area contributed by atoms with Gasteiger partial charge < -0.3 is 93.4 Å². The third-order valence-electron chi connectivity index (χ3n) is 14.6. The van der Waals surface area contributed by atoms with E-state index < -0.39 is 30.1 Å². The molecule has 104 heavy (non-hydrogen) atoms. The minimum atomic E-state index is -3.47. The number of amides is 2. The Morgan fingerprint density at radius 1 is 0.452 bits per heavy atom. The Morgan fingerprint density at radius 2 is 0.904 bits per heavy atom. The molecule has 19 N–H and O–H groups in total. The predicted octanol–water partition coefficient (Wildman–Crippen LogP) is 10.3. The molecule has 0 unspecified atom stereocenters. The highest BCUT2D eigenvalue weighted by atomic mass is 35.5. The number of hydrogen-bond acceptors (Lipinski definition) is 24. The quantitative estimate of drug-likeness (QED) is 0.0229. The van der Waals surface area contributed by atoms with Crippen molar-refractivity contribution >= 4 is 134 Å². The Morgan fingerprint density at radius 3 is 1.41 bits per heavy atom. The second-order valence-electron chi connectivity index (χ2n) is 24.1.